The van der Waals surface area contributed by atoms with Crippen LogP contribution in [0.15, 0.2) is 91.0 Å². The van der Waals surface area contributed by atoms with E-state index < -0.39 is 5.92 Å². The number of rotatable bonds is 5. The Labute approximate surface area is 196 Å². The summed E-state index contributed by atoms with van der Waals surface area (Å²) in [5, 5.41) is 5.61. The van der Waals surface area contributed by atoms with Gasteiger partial charge in [0.25, 0.3) is 0 Å². The second-order valence-electron chi connectivity index (χ2n) is 7.98. The molecular weight excluding hydrogens is 436 g/mol. The van der Waals surface area contributed by atoms with E-state index in [1.165, 1.54) is 0 Å². The second-order valence-corrected chi connectivity index (χ2v) is 8.41. The van der Waals surface area contributed by atoms with Gasteiger partial charge in [-0.2, -0.15) is 0 Å². The third-order valence-corrected chi connectivity index (χ3v) is 5.95. The standard InChI is InChI=1S/C27H21ClN2O3/c28-20-7-4-8-22(16-20)30-17-19(15-26(30)31)27(32)29-21-11-13-23(14-12-21)33-25-10-3-6-18-5-1-2-9-24(18)25/h1-14,16,19H,15,17H2,(H,29,32)/t19-/m0/s1. The molecule has 0 radical (unpaired) electrons. The van der Waals surface area contributed by atoms with E-state index in [1.807, 2.05) is 60.7 Å². The molecule has 33 heavy (non-hydrogen) atoms. The smallest absolute Gasteiger partial charge is 0.229 e. The Kier molecular flexibility index (Phi) is 5.71. The van der Waals surface area contributed by atoms with Crippen molar-refractivity contribution in [2.24, 2.45) is 5.92 Å². The van der Waals surface area contributed by atoms with Crippen molar-refractivity contribution in [1.82, 2.24) is 0 Å². The highest BCUT2D eigenvalue weighted by atomic mass is 35.5. The lowest BCUT2D eigenvalue weighted by Crippen LogP contribution is -2.28. The van der Waals surface area contributed by atoms with Gasteiger partial charge in [0.1, 0.15) is 11.5 Å². The summed E-state index contributed by atoms with van der Waals surface area (Å²) in [7, 11) is 0. The Bertz CT molecular complexity index is 1330. The molecule has 0 saturated carbocycles. The zero-order valence-corrected chi connectivity index (χ0v) is 18.5. The van der Waals surface area contributed by atoms with Crippen molar-refractivity contribution < 1.29 is 14.3 Å². The molecule has 1 atom stereocenters. The number of halogens is 1. The van der Waals surface area contributed by atoms with Crippen molar-refractivity contribution in [2.45, 2.75) is 6.42 Å². The maximum Gasteiger partial charge on any atom is 0.229 e. The number of anilines is 2. The molecule has 1 heterocycles. The summed E-state index contributed by atoms with van der Waals surface area (Å²) in [5.41, 5.74) is 1.36. The molecule has 0 unspecified atom stereocenters. The molecule has 1 aliphatic rings. The molecule has 2 amide bonds. The van der Waals surface area contributed by atoms with Crippen molar-refractivity contribution in [3.8, 4) is 11.5 Å². The summed E-state index contributed by atoms with van der Waals surface area (Å²) in [6.07, 6.45) is 0.167. The number of carbonyl (C=O) groups is 2. The molecule has 1 fully saturated rings. The quantitative estimate of drug-likeness (QED) is 0.384. The fraction of sp³-hybridized carbons (Fsp3) is 0.111. The van der Waals surface area contributed by atoms with Crippen molar-refractivity contribution in [2.75, 3.05) is 16.8 Å². The molecule has 6 heteroatoms. The molecule has 0 spiro atoms. The van der Waals surface area contributed by atoms with E-state index in [0.29, 0.717) is 28.7 Å². The monoisotopic (exact) mass is 456 g/mol. The molecule has 5 rings (SSSR count). The lowest BCUT2D eigenvalue weighted by molar-refractivity contribution is -0.122. The number of hydrogen-bond donors (Lipinski definition) is 1. The SMILES string of the molecule is O=C(Nc1ccc(Oc2cccc3ccccc23)cc1)[C@H]1CC(=O)N(c2cccc(Cl)c2)C1. The molecule has 4 aromatic rings. The third-order valence-electron chi connectivity index (χ3n) is 5.71. The molecule has 5 nitrogen and oxygen atoms in total. The predicted molar refractivity (Wildman–Crippen MR) is 131 cm³/mol. The van der Waals surface area contributed by atoms with Crippen LogP contribution < -0.4 is 15.0 Å². The number of hydrogen-bond acceptors (Lipinski definition) is 3. The molecule has 1 N–H and O–H groups in total. The zero-order valence-electron chi connectivity index (χ0n) is 17.7. The average Bonchev–Trinajstić information content (AvgIpc) is 3.22. The number of benzene rings is 4. The number of amides is 2. The van der Waals surface area contributed by atoms with Gasteiger partial charge in [0.2, 0.25) is 11.8 Å². The summed E-state index contributed by atoms with van der Waals surface area (Å²) >= 11 is 6.04. The minimum absolute atomic E-state index is 0.0868. The van der Waals surface area contributed by atoms with Crippen molar-refractivity contribution in [1.29, 1.82) is 0 Å². The highest BCUT2D eigenvalue weighted by Gasteiger charge is 2.35. The van der Waals surface area contributed by atoms with Crippen LogP contribution in [0, 0.1) is 5.92 Å². The summed E-state index contributed by atoms with van der Waals surface area (Å²) < 4.78 is 6.06. The van der Waals surface area contributed by atoms with Crippen LogP contribution in [0.1, 0.15) is 6.42 Å². The maximum absolute atomic E-state index is 12.8. The first-order valence-electron chi connectivity index (χ1n) is 10.7. The maximum atomic E-state index is 12.8. The summed E-state index contributed by atoms with van der Waals surface area (Å²) in [5.74, 6) is 0.748. The average molecular weight is 457 g/mol. The van der Waals surface area contributed by atoms with Crippen LogP contribution >= 0.6 is 11.6 Å². The van der Waals surface area contributed by atoms with Gasteiger partial charge in [-0.25, -0.2) is 0 Å². The molecule has 0 bridgehead atoms. The highest BCUT2D eigenvalue weighted by Crippen LogP contribution is 2.31. The molecule has 164 valence electrons. The molecule has 4 aromatic carbocycles. The van der Waals surface area contributed by atoms with Crippen LogP contribution in [-0.2, 0) is 9.59 Å². The first-order valence-corrected chi connectivity index (χ1v) is 11.1. The minimum Gasteiger partial charge on any atom is -0.457 e. The predicted octanol–water partition coefficient (Wildman–Crippen LogP) is 6.28. The van der Waals surface area contributed by atoms with E-state index >= 15 is 0 Å². The van der Waals surface area contributed by atoms with E-state index in [1.54, 1.807) is 35.2 Å². The summed E-state index contributed by atoms with van der Waals surface area (Å²) in [4.78, 5) is 26.8. The van der Waals surface area contributed by atoms with Crippen LogP contribution in [0.5, 0.6) is 11.5 Å². The third kappa shape index (κ3) is 4.54. The lowest BCUT2D eigenvalue weighted by Gasteiger charge is -2.17. The van der Waals surface area contributed by atoms with E-state index in [2.05, 4.69) is 5.32 Å². The lowest BCUT2D eigenvalue weighted by atomic mass is 10.1. The largest absolute Gasteiger partial charge is 0.457 e. The Morgan fingerprint density at radius 3 is 2.52 bits per heavy atom. The number of carbonyl (C=O) groups excluding carboxylic acids is 2. The fourth-order valence-corrected chi connectivity index (χ4v) is 4.22. The summed E-state index contributed by atoms with van der Waals surface area (Å²) in [6, 6.07) is 28.3. The van der Waals surface area contributed by atoms with Crippen LogP contribution in [0.4, 0.5) is 11.4 Å². The van der Waals surface area contributed by atoms with Gasteiger partial charge in [0, 0.05) is 34.7 Å². The number of nitrogens with zero attached hydrogens (tertiary/aromatic N) is 1. The van der Waals surface area contributed by atoms with Gasteiger partial charge >= 0.3 is 0 Å². The van der Waals surface area contributed by atoms with Gasteiger partial charge in [-0.1, -0.05) is 54.1 Å². The molecule has 0 aliphatic carbocycles. The number of ether oxygens (including phenoxy) is 1. The molecular formula is C27H21ClN2O3. The number of fused-ring (bicyclic) bond motifs is 1. The van der Waals surface area contributed by atoms with Crippen LogP contribution in [0.3, 0.4) is 0 Å². The van der Waals surface area contributed by atoms with Crippen LogP contribution in [0.2, 0.25) is 5.02 Å². The van der Waals surface area contributed by atoms with Gasteiger partial charge in [-0.15, -0.1) is 0 Å². The second kappa shape index (κ2) is 8.96. The van der Waals surface area contributed by atoms with E-state index in [0.717, 1.165) is 16.5 Å². The van der Waals surface area contributed by atoms with Gasteiger partial charge in [0.15, 0.2) is 0 Å². The van der Waals surface area contributed by atoms with Crippen LogP contribution in [-0.4, -0.2) is 18.4 Å². The van der Waals surface area contributed by atoms with Crippen molar-refractivity contribution in [3.63, 3.8) is 0 Å². The van der Waals surface area contributed by atoms with E-state index in [4.69, 9.17) is 16.3 Å². The van der Waals surface area contributed by atoms with Crippen LogP contribution in [0.25, 0.3) is 10.8 Å². The van der Waals surface area contributed by atoms with Gasteiger partial charge in [0.05, 0.1) is 5.92 Å². The van der Waals surface area contributed by atoms with E-state index in [9.17, 15) is 9.59 Å². The van der Waals surface area contributed by atoms with Gasteiger partial charge in [-0.05, 0) is 53.9 Å². The van der Waals surface area contributed by atoms with Crippen molar-refractivity contribution in [3.05, 3.63) is 96.0 Å². The number of nitrogens with one attached hydrogen (secondary N) is 1. The highest BCUT2D eigenvalue weighted by molar-refractivity contribution is 6.31. The minimum atomic E-state index is -0.428. The van der Waals surface area contributed by atoms with Crippen molar-refractivity contribution >= 4 is 45.6 Å². The van der Waals surface area contributed by atoms with Gasteiger partial charge in [-0.3, -0.25) is 9.59 Å². The first kappa shape index (κ1) is 21.0. The Morgan fingerprint density at radius 1 is 0.939 bits per heavy atom. The summed E-state index contributed by atoms with van der Waals surface area (Å²) in [6.45, 7) is 0.327. The molecule has 1 aliphatic heterocycles. The van der Waals surface area contributed by atoms with E-state index in [-0.39, 0.29) is 18.2 Å². The molecule has 0 aromatic heterocycles. The first-order chi connectivity index (χ1) is 16.1. The fourth-order valence-electron chi connectivity index (χ4n) is 4.04. The Hall–Kier alpha value is -3.83. The van der Waals surface area contributed by atoms with Gasteiger partial charge < -0.3 is 15.0 Å². The zero-order chi connectivity index (χ0) is 22.8. The Balaban J connectivity index is 1.24. The molecule has 1 saturated heterocycles. The normalized spacial score (nSPS) is 15.6. The Morgan fingerprint density at radius 2 is 1.70 bits per heavy atom. The topological polar surface area (TPSA) is 58.6 Å².